The largest absolute Gasteiger partial charge is 0.391 e. The molecule has 2 heterocycles. The number of likely N-dealkylation sites (tertiary alicyclic amines) is 1. The lowest BCUT2D eigenvalue weighted by Crippen LogP contribution is -2.37. The second-order valence-electron chi connectivity index (χ2n) is 8.55. The Balaban J connectivity index is 1.52. The molecule has 0 radical (unpaired) electrons. The number of rotatable bonds is 7. The molecule has 0 unspecified atom stereocenters. The molecule has 2 aromatic carbocycles. The van der Waals surface area contributed by atoms with Gasteiger partial charge in [-0.15, -0.1) is 0 Å². The average molecular weight is 454 g/mol. The minimum Gasteiger partial charge on any atom is -0.391 e. The van der Waals surface area contributed by atoms with E-state index >= 15 is 0 Å². The molecule has 1 aliphatic heterocycles. The number of nitrogens with zero attached hydrogens (tertiary/aromatic N) is 3. The lowest BCUT2D eigenvalue weighted by Gasteiger charge is -2.32. The minimum absolute atomic E-state index is 0.0783. The first-order valence-electron chi connectivity index (χ1n) is 11.0. The molecule has 5 nitrogen and oxygen atoms in total. The van der Waals surface area contributed by atoms with Gasteiger partial charge in [0.05, 0.1) is 10.5 Å². The average Bonchev–Trinajstić information content (AvgIpc) is 2.78. The Morgan fingerprint density at radius 1 is 1.22 bits per heavy atom. The number of nitrogens with one attached hydrogen (secondary N) is 2. The highest BCUT2D eigenvalue weighted by molar-refractivity contribution is 6.31. The number of hydrogen-bond acceptors (Lipinski definition) is 5. The Kier molecular flexibility index (Phi) is 6.92. The third kappa shape index (κ3) is 5.19. The molecule has 2 N–H and O–H groups in total. The summed E-state index contributed by atoms with van der Waals surface area (Å²) in [6.45, 7) is 9.30. The monoisotopic (exact) mass is 453 g/mol. The summed E-state index contributed by atoms with van der Waals surface area (Å²) in [6.07, 6.45) is 4.95. The number of benzene rings is 2. The van der Waals surface area contributed by atoms with Crippen molar-refractivity contribution in [3.63, 3.8) is 0 Å². The van der Waals surface area contributed by atoms with Crippen molar-refractivity contribution in [1.82, 2.24) is 20.2 Å². The highest BCUT2D eigenvalue weighted by Gasteiger charge is 2.21. The number of halogens is 2. The third-order valence-electron chi connectivity index (χ3n) is 6.26. The van der Waals surface area contributed by atoms with E-state index in [1.165, 1.54) is 30.0 Å². The molecule has 32 heavy (non-hydrogen) atoms. The van der Waals surface area contributed by atoms with Gasteiger partial charge >= 0.3 is 0 Å². The molecule has 0 spiro atoms. The van der Waals surface area contributed by atoms with E-state index in [0.29, 0.717) is 17.4 Å². The summed E-state index contributed by atoms with van der Waals surface area (Å²) in [7, 11) is 1.93. The van der Waals surface area contributed by atoms with E-state index in [2.05, 4.69) is 51.1 Å². The van der Waals surface area contributed by atoms with E-state index in [1.807, 2.05) is 7.05 Å². The van der Waals surface area contributed by atoms with E-state index in [1.54, 1.807) is 18.5 Å². The molecule has 4 rings (SSSR count). The fraction of sp³-hybridized carbons (Fsp3) is 0.360. The number of likely N-dealkylation sites (N-methyl/N-ethyl adjacent to an activating group) is 1. The molecule has 0 amide bonds. The first-order valence-corrected chi connectivity index (χ1v) is 11.3. The summed E-state index contributed by atoms with van der Waals surface area (Å²) in [5, 5.41) is 7.44. The maximum atomic E-state index is 13.5. The van der Waals surface area contributed by atoms with Crippen LogP contribution in [0.5, 0.6) is 0 Å². The molecule has 1 aliphatic rings. The van der Waals surface area contributed by atoms with Gasteiger partial charge in [0.2, 0.25) is 0 Å². The second kappa shape index (κ2) is 9.84. The van der Waals surface area contributed by atoms with Gasteiger partial charge < -0.3 is 10.6 Å². The zero-order valence-corrected chi connectivity index (χ0v) is 19.3. The van der Waals surface area contributed by atoms with Crippen molar-refractivity contribution >= 4 is 34.0 Å². The molecular weight excluding hydrogens is 425 g/mol. The van der Waals surface area contributed by atoms with Crippen molar-refractivity contribution in [2.75, 3.05) is 32.0 Å². The van der Waals surface area contributed by atoms with Gasteiger partial charge in [-0.1, -0.05) is 18.2 Å². The summed E-state index contributed by atoms with van der Waals surface area (Å²) in [5.74, 6) is 0.908. The molecule has 1 aromatic heterocycles. The van der Waals surface area contributed by atoms with Crippen LogP contribution in [0.25, 0.3) is 10.9 Å². The Hall–Kier alpha value is -2.70. The van der Waals surface area contributed by atoms with Gasteiger partial charge in [0.15, 0.2) is 0 Å². The van der Waals surface area contributed by atoms with Crippen LogP contribution in [-0.4, -0.2) is 41.5 Å². The van der Waals surface area contributed by atoms with E-state index in [-0.39, 0.29) is 5.02 Å². The maximum absolute atomic E-state index is 13.5. The van der Waals surface area contributed by atoms with Gasteiger partial charge in [0.1, 0.15) is 18.0 Å². The number of fused-ring (bicyclic) bond motifs is 1. The minimum atomic E-state index is -0.441. The zero-order valence-electron chi connectivity index (χ0n) is 18.6. The first kappa shape index (κ1) is 22.5. The van der Waals surface area contributed by atoms with E-state index < -0.39 is 5.82 Å². The molecule has 1 fully saturated rings. The summed E-state index contributed by atoms with van der Waals surface area (Å²) in [4.78, 5) is 11.4. The van der Waals surface area contributed by atoms with Gasteiger partial charge in [-0.25, -0.2) is 14.4 Å². The molecular formula is C25H29ClFN5. The van der Waals surface area contributed by atoms with Gasteiger partial charge in [-0.2, -0.15) is 0 Å². The summed E-state index contributed by atoms with van der Waals surface area (Å²) >= 11 is 5.94. The fourth-order valence-corrected chi connectivity index (χ4v) is 4.47. The molecule has 0 bridgehead atoms. The lowest BCUT2D eigenvalue weighted by molar-refractivity contribution is 0.195. The Morgan fingerprint density at radius 3 is 2.72 bits per heavy atom. The summed E-state index contributed by atoms with van der Waals surface area (Å²) < 4.78 is 13.5. The van der Waals surface area contributed by atoms with Crippen LogP contribution in [0.1, 0.15) is 24.0 Å². The van der Waals surface area contributed by atoms with Crippen molar-refractivity contribution in [3.05, 3.63) is 70.9 Å². The molecule has 3 aromatic rings. The van der Waals surface area contributed by atoms with E-state index in [0.717, 1.165) is 42.7 Å². The summed E-state index contributed by atoms with van der Waals surface area (Å²) in [5.41, 5.74) is 5.21. The Morgan fingerprint density at radius 2 is 2.00 bits per heavy atom. The number of piperidine rings is 1. The topological polar surface area (TPSA) is 53.1 Å². The van der Waals surface area contributed by atoms with Crippen LogP contribution in [0.3, 0.4) is 0 Å². The van der Waals surface area contributed by atoms with Crippen LogP contribution in [0.2, 0.25) is 5.02 Å². The fourth-order valence-electron chi connectivity index (χ4n) is 4.29. The van der Waals surface area contributed by atoms with Crippen molar-refractivity contribution in [3.8, 4) is 0 Å². The molecule has 0 saturated carbocycles. The van der Waals surface area contributed by atoms with Gasteiger partial charge in [0.25, 0.3) is 0 Å². The number of aryl methyl sites for hydroxylation is 1. The van der Waals surface area contributed by atoms with Crippen molar-refractivity contribution in [2.45, 2.75) is 26.2 Å². The van der Waals surface area contributed by atoms with Crippen LogP contribution < -0.4 is 10.6 Å². The van der Waals surface area contributed by atoms with E-state index in [4.69, 9.17) is 11.6 Å². The standard InChI is InChI=1S/C25H29ClFN5/c1-16-10-24-21(25(30-15-29-24)31-20-4-5-23(27)22(26)13-20)12-19(16)11-18-6-8-32(9-7-18)14-17(2)28-3/h4-5,10,12-13,15,18,28H,2,6-9,11,14H2,1,3H3,(H,29,30,31). The normalized spacial score (nSPS) is 15.1. The van der Waals surface area contributed by atoms with Gasteiger partial charge in [0, 0.05) is 30.4 Å². The maximum Gasteiger partial charge on any atom is 0.141 e. The molecule has 7 heteroatoms. The Labute approximate surface area is 193 Å². The Bertz CT molecular complexity index is 1120. The number of aromatic nitrogens is 2. The second-order valence-corrected chi connectivity index (χ2v) is 8.96. The molecule has 0 atom stereocenters. The number of anilines is 2. The first-order chi connectivity index (χ1) is 15.4. The zero-order chi connectivity index (χ0) is 22.7. The van der Waals surface area contributed by atoms with Crippen LogP contribution in [0.4, 0.5) is 15.9 Å². The third-order valence-corrected chi connectivity index (χ3v) is 6.55. The molecule has 168 valence electrons. The van der Waals surface area contributed by atoms with Crippen LogP contribution in [0, 0.1) is 18.7 Å². The predicted molar refractivity (Wildman–Crippen MR) is 130 cm³/mol. The SMILES string of the molecule is C=C(CN1CCC(Cc2cc3c(Nc4ccc(F)c(Cl)c4)ncnc3cc2C)CC1)NC. The lowest BCUT2D eigenvalue weighted by atomic mass is 9.88. The van der Waals surface area contributed by atoms with Gasteiger partial charge in [-0.3, -0.25) is 4.90 Å². The van der Waals surface area contributed by atoms with E-state index in [9.17, 15) is 4.39 Å². The van der Waals surface area contributed by atoms with Crippen molar-refractivity contribution < 1.29 is 4.39 Å². The number of hydrogen-bond donors (Lipinski definition) is 2. The van der Waals surface area contributed by atoms with Crippen molar-refractivity contribution in [2.24, 2.45) is 5.92 Å². The van der Waals surface area contributed by atoms with Crippen LogP contribution in [0.15, 0.2) is 48.9 Å². The summed E-state index contributed by atoms with van der Waals surface area (Å²) in [6, 6.07) is 8.90. The van der Waals surface area contributed by atoms with Crippen LogP contribution >= 0.6 is 11.6 Å². The smallest absolute Gasteiger partial charge is 0.141 e. The van der Waals surface area contributed by atoms with Crippen molar-refractivity contribution in [1.29, 1.82) is 0 Å². The highest BCUT2D eigenvalue weighted by atomic mass is 35.5. The quantitative estimate of drug-likeness (QED) is 0.497. The molecule has 0 aliphatic carbocycles. The molecule has 1 saturated heterocycles. The predicted octanol–water partition coefficient (Wildman–Crippen LogP) is 5.46. The van der Waals surface area contributed by atoms with Gasteiger partial charge in [-0.05, 0) is 86.7 Å². The highest BCUT2D eigenvalue weighted by Crippen LogP contribution is 2.30. The van der Waals surface area contributed by atoms with Crippen LogP contribution in [-0.2, 0) is 6.42 Å².